The number of aromatic nitrogens is 1. The second kappa shape index (κ2) is 7.05. The van der Waals surface area contributed by atoms with Crippen LogP contribution in [0, 0.1) is 12.7 Å². The monoisotopic (exact) mass is 278 g/mol. The molecule has 0 fully saturated rings. The lowest BCUT2D eigenvalue weighted by molar-refractivity contribution is 0.247. The molecule has 4 nitrogen and oxygen atoms in total. The van der Waals surface area contributed by atoms with E-state index >= 15 is 0 Å². The van der Waals surface area contributed by atoms with Crippen LogP contribution in [-0.2, 0) is 13.2 Å². The predicted molar refractivity (Wildman–Crippen MR) is 74.0 cm³/mol. The minimum atomic E-state index is -0.301. The third kappa shape index (κ3) is 4.35. The molecule has 1 heterocycles. The first kappa shape index (κ1) is 14.5. The zero-order chi connectivity index (χ0) is 14.4. The summed E-state index contributed by atoms with van der Waals surface area (Å²) in [5, 5.41) is 7.01. The topological polar surface area (TPSA) is 47.3 Å². The van der Waals surface area contributed by atoms with Gasteiger partial charge in [0.25, 0.3) is 0 Å². The van der Waals surface area contributed by atoms with Crippen LogP contribution in [0.4, 0.5) is 4.39 Å². The highest BCUT2D eigenvalue weighted by Gasteiger charge is 2.05. The summed E-state index contributed by atoms with van der Waals surface area (Å²) < 4.78 is 24.1. The first-order chi connectivity index (χ1) is 9.67. The van der Waals surface area contributed by atoms with E-state index in [2.05, 4.69) is 17.4 Å². The number of nitrogens with one attached hydrogen (secondary N) is 1. The summed E-state index contributed by atoms with van der Waals surface area (Å²) in [6, 6.07) is 6.50. The van der Waals surface area contributed by atoms with Crippen LogP contribution < -0.4 is 10.1 Å². The molecular formula is C15H19FN2O2. The molecule has 2 aromatic rings. The Balaban J connectivity index is 1.96. The number of benzene rings is 1. The van der Waals surface area contributed by atoms with Gasteiger partial charge >= 0.3 is 0 Å². The van der Waals surface area contributed by atoms with Gasteiger partial charge in [-0.15, -0.1) is 0 Å². The molecule has 20 heavy (non-hydrogen) atoms. The second-order valence-corrected chi connectivity index (χ2v) is 4.70. The van der Waals surface area contributed by atoms with Crippen LogP contribution in [0.2, 0.25) is 0 Å². The summed E-state index contributed by atoms with van der Waals surface area (Å²) in [5.74, 6) is 0.814. The van der Waals surface area contributed by atoms with Crippen LogP contribution in [-0.4, -0.2) is 11.7 Å². The molecule has 0 aliphatic carbocycles. The van der Waals surface area contributed by atoms with E-state index in [1.54, 1.807) is 6.07 Å². The average molecular weight is 278 g/mol. The molecule has 0 bridgehead atoms. The molecule has 1 aromatic heterocycles. The number of rotatable bonds is 7. The van der Waals surface area contributed by atoms with Gasteiger partial charge in [0.2, 0.25) is 0 Å². The Morgan fingerprint density at radius 2 is 2.15 bits per heavy atom. The molecule has 0 radical (unpaired) electrons. The summed E-state index contributed by atoms with van der Waals surface area (Å²) in [5.41, 5.74) is 1.66. The Morgan fingerprint density at radius 3 is 2.85 bits per heavy atom. The van der Waals surface area contributed by atoms with Crippen LogP contribution in [0.15, 0.2) is 28.8 Å². The van der Waals surface area contributed by atoms with Gasteiger partial charge in [0, 0.05) is 18.7 Å². The van der Waals surface area contributed by atoms with Crippen LogP contribution in [0.3, 0.4) is 0 Å². The van der Waals surface area contributed by atoms with Crippen molar-refractivity contribution >= 4 is 0 Å². The van der Waals surface area contributed by atoms with Crippen molar-refractivity contribution in [3.63, 3.8) is 0 Å². The summed E-state index contributed by atoms with van der Waals surface area (Å²) in [6.45, 7) is 5.71. The Bertz CT molecular complexity index is 555. The highest BCUT2D eigenvalue weighted by atomic mass is 19.1. The zero-order valence-corrected chi connectivity index (χ0v) is 11.8. The van der Waals surface area contributed by atoms with Gasteiger partial charge in [-0.1, -0.05) is 12.1 Å². The van der Waals surface area contributed by atoms with E-state index in [9.17, 15) is 4.39 Å². The van der Waals surface area contributed by atoms with Crippen molar-refractivity contribution in [3.8, 4) is 5.75 Å². The lowest BCUT2D eigenvalue weighted by Gasteiger charge is -2.08. The van der Waals surface area contributed by atoms with Crippen molar-refractivity contribution in [2.24, 2.45) is 0 Å². The third-order valence-electron chi connectivity index (χ3n) is 2.74. The molecule has 0 saturated heterocycles. The number of ether oxygens (including phenoxy) is 1. The molecule has 0 spiro atoms. The minimum Gasteiger partial charge on any atom is -0.485 e. The Kier molecular flexibility index (Phi) is 5.12. The van der Waals surface area contributed by atoms with Crippen molar-refractivity contribution in [1.29, 1.82) is 0 Å². The van der Waals surface area contributed by atoms with E-state index in [4.69, 9.17) is 9.26 Å². The van der Waals surface area contributed by atoms with Crippen molar-refractivity contribution in [2.75, 3.05) is 6.54 Å². The maximum atomic E-state index is 13.5. The van der Waals surface area contributed by atoms with Gasteiger partial charge in [-0.3, -0.25) is 0 Å². The molecular weight excluding hydrogens is 259 g/mol. The molecule has 108 valence electrons. The van der Waals surface area contributed by atoms with Crippen molar-refractivity contribution in [2.45, 2.75) is 33.4 Å². The van der Waals surface area contributed by atoms with Crippen molar-refractivity contribution < 1.29 is 13.7 Å². The van der Waals surface area contributed by atoms with E-state index < -0.39 is 0 Å². The van der Waals surface area contributed by atoms with Crippen LogP contribution >= 0.6 is 0 Å². The molecule has 0 amide bonds. The molecule has 0 saturated carbocycles. The SMILES string of the molecule is CCCNCc1cc(F)cc(OCc2cc(C)no2)c1. The third-order valence-corrected chi connectivity index (χ3v) is 2.74. The van der Waals surface area contributed by atoms with E-state index in [-0.39, 0.29) is 12.4 Å². The predicted octanol–water partition coefficient (Wildman–Crippen LogP) is 3.20. The summed E-state index contributed by atoms with van der Waals surface area (Å²) in [7, 11) is 0. The van der Waals surface area contributed by atoms with Gasteiger partial charge in [0.15, 0.2) is 5.76 Å². The minimum absolute atomic E-state index is 0.242. The van der Waals surface area contributed by atoms with E-state index in [1.165, 1.54) is 12.1 Å². The Morgan fingerprint density at radius 1 is 1.30 bits per heavy atom. The van der Waals surface area contributed by atoms with E-state index in [0.29, 0.717) is 18.1 Å². The zero-order valence-electron chi connectivity index (χ0n) is 11.8. The first-order valence-corrected chi connectivity index (χ1v) is 6.72. The lowest BCUT2D eigenvalue weighted by atomic mass is 10.2. The fourth-order valence-corrected chi connectivity index (χ4v) is 1.85. The highest BCUT2D eigenvalue weighted by Crippen LogP contribution is 2.18. The molecule has 5 heteroatoms. The number of hydrogen-bond acceptors (Lipinski definition) is 4. The smallest absolute Gasteiger partial charge is 0.174 e. The van der Waals surface area contributed by atoms with Crippen LogP contribution in [0.1, 0.15) is 30.4 Å². The molecule has 0 unspecified atom stereocenters. The number of aryl methyl sites for hydroxylation is 1. The van der Waals surface area contributed by atoms with Gasteiger partial charge < -0.3 is 14.6 Å². The van der Waals surface area contributed by atoms with E-state index in [0.717, 1.165) is 24.2 Å². The second-order valence-electron chi connectivity index (χ2n) is 4.70. The fraction of sp³-hybridized carbons (Fsp3) is 0.400. The van der Waals surface area contributed by atoms with Gasteiger partial charge in [-0.05, 0) is 37.6 Å². The standard InChI is InChI=1S/C15H19FN2O2/c1-3-4-17-9-12-6-13(16)8-14(7-12)19-10-15-5-11(2)18-20-15/h5-8,17H,3-4,9-10H2,1-2H3. The van der Waals surface area contributed by atoms with Gasteiger partial charge in [0.05, 0.1) is 5.69 Å². The molecule has 2 rings (SSSR count). The summed E-state index contributed by atoms with van der Waals surface area (Å²) >= 11 is 0. The number of hydrogen-bond donors (Lipinski definition) is 1. The quantitative estimate of drug-likeness (QED) is 0.790. The summed E-state index contributed by atoms with van der Waals surface area (Å²) in [4.78, 5) is 0. The molecule has 0 atom stereocenters. The van der Waals surface area contributed by atoms with Crippen molar-refractivity contribution in [1.82, 2.24) is 10.5 Å². The highest BCUT2D eigenvalue weighted by molar-refractivity contribution is 5.29. The summed E-state index contributed by atoms with van der Waals surface area (Å²) in [6.07, 6.45) is 1.05. The molecule has 1 N–H and O–H groups in total. The normalized spacial score (nSPS) is 10.8. The maximum Gasteiger partial charge on any atom is 0.174 e. The first-order valence-electron chi connectivity index (χ1n) is 6.72. The Labute approximate surface area is 117 Å². The van der Waals surface area contributed by atoms with Crippen LogP contribution in [0.25, 0.3) is 0 Å². The molecule has 1 aromatic carbocycles. The van der Waals surface area contributed by atoms with Gasteiger partial charge in [0.1, 0.15) is 18.2 Å². The Hall–Kier alpha value is -1.88. The lowest BCUT2D eigenvalue weighted by Crippen LogP contribution is -2.14. The number of halogens is 1. The van der Waals surface area contributed by atoms with Gasteiger partial charge in [-0.25, -0.2) is 4.39 Å². The van der Waals surface area contributed by atoms with E-state index in [1.807, 2.05) is 13.0 Å². The van der Waals surface area contributed by atoms with Gasteiger partial charge in [-0.2, -0.15) is 0 Å². The maximum absolute atomic E-state index is 13.5. The number of nitrogens with zero attached hydrogens (tertiary/aromatic N) is 1. The molecule has 0 aliphatic rings. The van der Waals surface area contributed by atoms with Crippen molar-refractivity contribution in [3.05, 3.63) is 47.1 Å². The fourth-order valence-electron chi connectivity index (χ4n) is 1.85. The molecule has 0 aliphatic heterocycles. The largest absolute Gasteiger partial charge is 0.485 e. The average Bonchev–Trinajstić information content (AvgIpc) is 2.82. The van der Waals surface area contributed by atoms with Crippen LogP contribution in [0.5, 0.6) is 5.75 Å².